The fraction of sp³-hybridized carbons (Fsp3) is 0.385. The lowest BCUT2D eigenvalue weighted by atomic mass is 10.1. The maximum atomic E-state index is 6.07. The number of nitrogens with two attached hydrogens (primary N) is 1. The highest BCUT2D eigenvalue weighted by molar-refractivity contribution is 6.32. The van der Waals surface area contributed by atoms with Gasteiger partial charge in [-0.3, -0.25) is 0 Å². The average Bonchev–Trinajstić information content (AvgIpc) is 2.21. The lowest BCUT2D eigenvalue weighted by Crippen LogP contribution is -2.18. The fourth-order valence-corrected chi connectivity index (χ4v) is 1.68. The third-order valence-corrected chi connectivity index (χ3v) is 2.38. The molecule has 1 aromatic rings. The number of hydrogen-bond donors (Lipinski definition) is 1. The minimum atomic E-state index is 0.0773. The van der Waals surface area contributed by atoms with E-state index in [2.05, 4.69) is 5.92 Å². The van der Waals surface area contributed by atoms with Crippen LogP contribution in [0.5, 0.6) is 5.75 Å². The SMILES string of the molecule is C#CCCOc1c(Cl)cccc1CC(C)N. The van der Waals surface area contributed by atoms with Crippen LogP contribution in [0.1, 0.15) is 18.9 Å². The number of para-hydroxylation sites is 1. The second-order valence-corrected chi connectivity index (χ2v) is 4.12. The molecule has 0 aromatic heterocycles. The summed E-state index contributed by atoms with van der Waals surface area (Å²) in [5.41, 5.74) is 6.79. The summed E-state index contributed by atoms with van der Waals surface area (Å²) in [5.74, 6) is 3.23. The number of halogens is 1. The molecule has 1 unspecified atom stereocenters. The van der Waals surface area contributed by atoms with Gasteiger partial charge in [-0.25, -0.2) is 0 Å². The molecule has 0 amide bonds. The molecule has 3 heteroatoms. The van der Waals surface area contributed by atoms with E-state index in [1.807, 2.05) is 19.1 Å². The number of ether oxygens (including phenoxy) is 1. The van der Waals surface area contributed by atoms with Gasteiger partial charge in [-0.15, -0.1) is 12.3 Å². The number of terminal acetylenes is 1. The molecule has 1 atom stereocenters. The van der Waals surface area contributed by atoms with E-state index >= 15 is 0 Å². The summed E-state index contributed by atoms with van der Waals surface area (Å²) in [5, 5.41) is 0.607. The summed E-state index contributed by atoms with van der Waals surface area (Å²) in [6.07, 6.45) is 6.48. The second-order valence-electron chi connectivity index (χ2n) is 3.71. The first kappa shape index (κ1) is 12.9. The molecular weight excluding hydrogens is 222 g/mol. The van der Waals surface area contributed by atoms with Gasteiger partial charge in [0.15, 0.2) is 0 Å². The van der Waals surface area contributed by atoms with Crippen LogP contribution in [-0.4, -0.2) is 12.6 Å². The molecule has 0 aliphatic heterocycles. The van der Waals surface area contributed by atoms with Crippen molar-refractivity contribution in [3.63, 3.8) is 0 Å². The van der Waals surface area contributed by atoms with Gasteiger partial charge in [0.05, 0.1) is 11.6 Å². The molecule has 16 heavy (non-hydrogen) atoms. The highest BCUT2D eigenvalue weighted by atomic mass is 35.5. The van der Waals surface area contributed by atoms with Crippen LogP contribution < -0.4 is 10.5 Å². The van der Waals surface area contributed by atoms with Gasteiger partial charge in [-0.05, 0) is 25.0 Å². The lowest BCUT2D eigenvalue weighted by molar-refractivity contribution is 0.323. The van der Waals surface area contributed by atoms with Crippen LogP contribution in [-0.2, 0) is 6.42 Å². The maximum Gasteiger partial charge on any atom is 0.141 e. The van der Waals surface area contributed by atoms with Gasteiger partial charge in [0.1, 0.15) is 5.75 Å². The summed E-state index contributed by atoms with van der Waals surface area (Å²) >= 11 is 6.07. The first-order chi connectivity index (χ1) is 7.65. The number of rotatable bonds is 5. The minimum absolute atomic E-state index is 0.0773. The van der Waals surface area contributed by atoms with Crippen LogP contribution in [0, 0.1) is 12.3 Å². The predicted octanol–water partition coefficient (Wildman–Crippen LogP) is 2.63. The standard InChI is InChI=1S/C13H16ClNO/c1-3-4-8-16-13-11(9-10(2)15)6-5-7-12(13)14/h1,5-7,10H,4,8-9,15H2,2H3. The van der Waals surface area contributed by atoms with Crippen molar-refractivity contribution in [3.8, 4) is 18.1 Å². The van der Waals surface area contributed by atoms with Gasteiger partial charge in [-0.2, -0.15) is 0 Å². The summed E-state index contributed by atoms with van der Waals surface area (Å²) in [6.45, 7) is 2.43. The molecule has 0 heterocycles. The highest BCUT2D eigenvalue weighted by Crippen LogP contribution is 2.29. The van der Waals surface area contributed by atoms with Crippen LogP contribution in [0.4, 0.5) is 0 Å². The van der Waals surface area contributed by atoms with Crippen molar-refractivity contribution in [2.24, 2.45) is 5.73 Å². The van der Waals surface area contributed by atoms with Crippen molar-refractivity contribution >= 4 is 11.6 Å². The first-order valence-electron chi connectivity index (χ1n) is 5.24. The molecular formula is C13H16ClNO. The topological polar surface area (TPSA) is 35.2 Å². The Hall–Kier alpha value is -1.17. The van der Waals surface area contributed by atoms with E-state index in [0.29, 0.717) is 23.8 Å². The Balaban J connectivity index is 2.82. The van der Waals surface area contributed by atoms with Crippen LogP contribution in [0.3, 0.4) is 0 Å². The molecule has 1 rings (SSSR count). The highest BCUT2D eigenvalue weighted by Gasteiger charge is 2.09. The van der Waals surface area contributed by atoms with Crippen LogP contribution in [0.25, 0.3) is 0 Å². The molecule has 0 bridgehead atoms. The molecule has 0 saturated heterocycles. The first-order valence-corrected chi connectivity index (χ1v) is 5.62. The molecule has 1 aromatic carbocycles. The van der Waals surface area contributed by atoms with Crippen molar-refractivity contribution in [3.05, 3.63) is 28.8 Å². The van der Waals surface area contributed by atoms with E-state index in [-0.39, 0.29) is 6.04 Å². The van der Waals surface area contributed by atoms with E-state index in [1.54, 1.807) is 6.07 Å². The van der Waals surface area contributed by atoms with Crippen LogP contribution in [0.2, 0.25) is 5.02 Å². The van der Waals surface area contributed by atoms with Gasteiger partial charge in [-0.1, -0.05) is 23.7 Å². The Bertz CT molecular complexity index is 382. The molecule has 0 aliphatic rings. The van der Waals surface area contributed by atoms with E-state index in [4.69, 9.17) is 28.5 Å². The van der Waals surface area contributed by atoms with Crippen LogP contribution in [0.15, 0.2) is 18.2 Å². The van der Waals surface area contributed by atoms with E-state index in [0.717, 1.165) is 12.0 Å². The second kappa shape index (κ2) is 6.42. The van der Waals surface area contributed by atoms with Crippen molar-refractivity contribution in [1.29, 1.82) is 0 Å². The zero-order valence-electron chi connectivity index (χ0n) is 9.37. The van der Waals surface area contributed by atoms with E-state index in [9.17, 15) is 0 Å². The van der Waals surface area contributed by atoms with Gasteiger partial charge >= 0.3 is 0 Å². The smallest absolute Gasteiger partial charge is 0.141 e. The average molecular weight is 238 g/mol. The summed E-state index contributed by atoms with van der Waals surface area (Å²) in [7, 11) is 0. The molecule has 0 fully saturated rings. The Labute approximate surface area is 102 Å². The largest absolute Gasteiger partial charge is 0.491 e. The molecule has 0 radical (unpaired) electrons. The summed E-state index contributed by atoms with van der Waals surface area (Å²) < 4.78 is 5.58. The molecule has 0 aliphatic carbocycles. The van der Waals surface area contributed by atoms with Gasteiger partial charge in [0.25, 0.3) is 0 Å². The third-order valence-electron chi connectivity index (χ3n) is 2.08. The minimum Gasteiger partial charge on any atom is -0.491 e. The number of benzene rings is 1. The van der Waals surface area contributed by atoms with Crippen molar-refractivity contribution in [2.75, 3.05) is 6.61 Å². The van der Waals surface area contributed by atoms with Crippen molar-refractivity contribution in [1.82, 2.24) is 0 Å². The number of hydrogen-bond acceptors (Lipinski definition) is 2. The van der Waals surface area contributed by atoms with Crippen LogP contribution >= 0.6 is 11.6 Å². The molecule has 0 spiro atoms. The summed E-state index contributed by atoms with van der Waals surface area (Å²) in [4.78, 5) is 0. The van der Waals surface area contributed by atoms with Crippen molar-refractivity contribution < 1.29 is 4.74 Å². The van der Waals surface area contributed by atoms with E-state index in [1.165, 1.54) is 0 Å². The Morgan fingerprint density at radius 1 is 1.56 bits per heavy atom. The van der Waals surface area contributed by atoms with Gasteiger partial charge in [0, 0.05) is 12.5 Å². The zero-order chi connectivity index (χ0) is 12.0. The molecule has 2 nitrogen and oxygen atoms in total. The molecule has 86 valence electrons. The Kier molecular flexibility index (Phi) is 5.18. The van der Waals surface area contributed by atoms with E-state index < -0.39 is 0 Å². The van der Waals surface area contributed by atoms with Crippen molar-refractivity contribution in [2.45, 2.75) is 25.8 Å². The fourth-order valence-electron chi connectivity index (χ4n) is 1.43. The Morgan fingerprint density at radius 2 is 2.31 bits per heavy atom. The maximum absolute atomic E-state index is 6.07. The predicted molar refractivity (Wildman–Crippen MR) is 67.8 cm³/mol. The third kappa shape index (κ3) is 3.77. The zero-order valence-corrected chi connectivity index (χ0v) is 10.1. The quantitative estimate of drug-likeness (QED) is 0.631. The molecule has 2 N–H and O–H groups in total. The van der Waals surface area contributed by atoms with Gasteiger partial charge < -0.3 is 10.5 Å². The molecule has 0 saturated carbocycles. The Morgan fingerprint density at radius 3 is 2.94 bits per heavy atom. The normalized spacial score (nSPS) is 11.9. The van der Waals surface area contributed by atoms with Gasteiger partial charge in [0.2, 0.25) is 0 Å². The lowest BCUT2D eigenvalue weighted by Gasteiger charge is -2.13. The monoisotopic (exact) mass is 237 g/mol. The summed E-state index contributed by atoms with van der Waals surface area (Å²) in [6, 6.07) is 5.75.